The zero-order valence-electron chi connectivity index (χ0n) is 11.2. The third-order valence-electron chi connectivity index (χ3n) is 3.58. The molecule has 0 radical (unpaired) electrons. The van der Waals surface area contributed by atoms with Crippen molar-refractivity contribution in [3.8, 4) is 0 Å². The molecule has 6 heteroatoms. The molecule has 0 bridgehead atoms. The van der Waals surface area contributed by atoms with Gasteiger partial charge < -0.3 is 10.0 Å². The average molecular weight is 272 g/mol. The van der Waals surface area contributed by atoms with E-state index < -0.39 is 5.97 Å². The standard InChI is InChI=1S/C14H16N4O2/c1-17-8-11(15-16-17)9-18-7-10(6-14(19)20)12-4-2-3-5-13(12)18/h2-5,8,10H,6-7,9H2,1H3,(H,19,20). The van der Waals surface area contributed by atoms with E-state index in [9.17, 15) is 4.79 Å². The third-order valence-corrected chi connectivity index (χ3v) is 3.58. The van der Waals surface area contributed by atoms with Gasteiger partial charge in [-0.2, -0.15) is 0 Å². The van der Waals surface area contributed by atoms with Gasteiger partial charge in [0, 0.05) is 31.4 Å². The van der Waals surface area contributed by atoms with Crippen LogP contribution < -0.4 is 4.90 Å². The minimum absolute atomic E-state index is 0.0420. The number of benzene rings is 1. The number of hydrogen-bond donors (Lipinski definition) is 1. The highest BCUT2D eigenvalue weighted by Crippen LogP contribution is 2.38. The summed E-state index contributed by atoms with van der Waals surface area (Å²) in [5.41, 5.74) is 3.10. The second kappa shape index (κ2) is 4.96. The van der Waals surface area contributed by atoms with Gasteiger partial charge in [0.15, 0.2) is 0 Å². The Labute approximate surface area is 116 Å². The quantitative estimate of drug-likeness (QED) is 0.910. The summed E-state index contributed by atoms with van der Waals surface area (Å²) in [5, 5.41) is 17.1. The Hall–Kier alpha value is -2.37. The van der Waals surface area contributed by atoms with Crippen LogP contribution in [0, 0.1) is 0 Å². The first-order valence-corrected chi connectivity index (χ1v) is 6.54. The molecule has 1 N–H and O–H groups in total. The van der Waals surface area contributed by atoms with Crippen molar-refractivity contribution in [2.75, 3.05) is 11.4 Å². The largest absolute Gasteiger partial charge is 0.481 e. The molecule has 2 aromatic rings. The summed E-state index contributed by atoms with van der Waals surface area (Å²) in [7, 11) is 1.83. The molecule has 2 heterocycles. The lowest BCUT2D eigenvalue weighted by Gasteiger charge is -2.18. The van der Waals surface area contributed by atoms with Crippen molar-refractivity contribution in [1.82, 2.24) is 15.0 Å². The van der Waals surface area contributed by atoms with Gasteiger partial charge in [0.2, 0.25) is 0 Å². The first-order chi connectivity index (χ1) is 9.63. The number of hydrogen-bond acceptors (Lipinski definition) is 4. The molecule has 20 heavy (non-hydrogen) atoms. The summed E-state index contributed by atoms with van der Waals surface area (Å²) in [6, 6.07) is 7.98. The van der Waals surface area contributed by atoms with Gasteiger partial charge in [0.1, 0.15) is 5.69 Å². The summed E-state index contributed by atoms with van der Waals surface area (Å²) >= 11 is 0. The van der Waals surface area contributed by atoms with Crippen molar-refractivity contribution in [1.29, 1.82) is 0 Å². The Morgan fingerprint density at radius 1 is 1.45 bits per heavy atom. The first-order valence-electron chi connectivity index (χ1n) is 6.54. The van der Waals surface area contributed by atoms with Gasteiger partial charge in [-0.05, 0) is 11.6 Å². The fraction of sp³-hybridized carbons (Fsp3) is 0.357. The number of nitrogens with zero attached hydrogens (tertiary/aromatic N) is 4. The smallest absolute Gasteiger partial charge is 0.304 e. The zero-order valence-corrected chi connectivity index (χ0v) is 11.2. The van der Waals surface area contributed by atoms with Crippen LogP contribution in [0.25, 0.3) is 0 Å². The van der Waals surface area contributed by atoms with Crippen LogP contribution in [0.5, 0.6) is 0 Å². The summed E-state index contributed by atoms with van der Waals surface area (Å²) in [6.45, 7) is 1.36. The number of rotatable bonds is 4. The summed E-state index contributed by atoms with van der Waals surface area (Å²) in [4.78, 5) is 13.2. The number of aryl methyl sites for hydroxylation is 1. The fourth-order valence-corrected chi connectivity index (χ4v) is 2.78. The molecule has 0 amide bonds. The molecule has 1 unspecified atom stereocenters. The van der Waals surface area contributed by atoms with Crippen molar-refractivity contribution >= 4 is 11.7 Å². The number of carboxylic acid groups (broad SMARTS) is 1. The highest BCUT2D eigenvalue weighted by molar-refractivity contribution is 5.71. The second-order valence-corrected chi connectivity index (χ2v) is 5.12. The number of aliphatic carboxylic acids is 1. The van der Waals surface area contributed by atoms with Crippen LogP contribution in [-0.4, -0.2) is 32.6 Å². The van der Waals surface area contributed by atoms with Crippen LogP contribution in [0.2, 0.25) is 0 Å². The van der Waals surface area contributed by atoms with Crippen LogP contribution in [0.3, 0.4) is 0 Å². The van der Waals surface area contributed by atoms with Crippen LogP contribution in [0.4, 0.5) is 5.69 Å². The Kier molecular flexibility index (Phi) is 3.14. The van der Waals surface area contributed by atoms with Gasteiger partial charge in [0.25, 0.3) is 0 Å². The van der Waals surface area contributed by atoms with Gasteiger partial charge in [0.05, 0.1) is 13.0 Å². The molecule has 104 valence electrons. The highest BCUT2D eigenvalue weighted by Gasteiger charge is 2.30. The van der Waals surface area contributed by atoms with Crippen molar-refractivity contribution < 1.29 is 9.90 Å². The lowest BCUT2D eigenvalue weighted by atomic mass is 9.98. The van der Waals surface area contributed by atoms with Crippen LogP contribution in [0.1, 0.15) is 23.6 Å². The fourth-order valence-electron chi connectivity index (χ4n) is 2.78. The summed E-state index contributed by atoms with van der Waals surface area (Å²) < 4.78 is 1.67. The number of aromatic nitrogens is 3. The van der Waals surface area contributed by atoms with Crippen molar-refractivity contribution in [3.63, 3.8) is 0 Å². The van der Waals surface area contributed by atoms with E-state index in [0.717, 1.165) is 16.9 Å². The number of carbonyl (C=O) groups is 1. The zero-order chi connectivity index (χ0) is 14.1. The predicted molar refractivity (Wildman–Crippen MR) is 73.5 cm³/mol. The van der Waals surface area contributed by atoms with Crippen LogP contribution >= 0.6 is 0 Å². The SMILES string of the molecule is Cn1cc(CN2CC(CC(=O)O)c3ccccc32)nn1. The Balaban J connectivity index is 1.84. The topological polar surface area (TPSA) is 71.2 Å². The molecule has 0 aliphatic carbocycles. The first kappa shape index (κ1) is 12.7. The molecule has 1 aromatic heterocycles. The molecule has 1 aromatic carbocycles. The number of para-hydroxylation sites is 1. The highest BCUT2D eigenvalue weighted by atomic mass is 16.4. The third kappa shape index (κ3) is 2.36. The van der Waals surface area contributed by atoms with Crippen LogP contribution in [0.15, 0.2) is 30.5 Å². The van der Waals surface area contributed by atoms with Crippen molar-refractivity contribution in [2.24, 2.45) is 7.05 Å². The van der Waals surface area contributed by atoms with E-state index in [0.29, 0.717) is 13.1 Å². The van der Waals surface area contributed by atoms with Gasteiger partial charge in [-0.15, -0.1) is 5.10 Å². The van der Waals surface area contributed by atoms with Gasteiger partial charge >= 0.3 is 5.97 Å². The molecular weight excluding hydrogens is 256 g/mol. The molecule has 0 saturated heterocycles. The maximum atomic E-state index is 11.0. The van der Waals surface area contributed by atoms with E-state index in [2.05, 4.69) is 15.2 Å². The molecular formula is C14H16N4O2. The molecule has 0 fully saturated rings. The summed E-state index contributed by atoms with van der Waals surface area (Å²) in [5.74, 6) is -0.716. The monoisotopic (exact) mass is 272 g/mol. The molecule has 0 saturated carbocycles. The molecule has 1 aliphatic heterocycles. The average Bonchev–Trinajstić information content (AvgIpc) is 2.95. The molecule has 1 atom stereocenters. The Morgan fingerprint density at radius 3 is 2.95 bits per heavy atom. The number of fused-ring (bicyclic) bond motifs is 1. The summed E-state index contributed by atoms with van der Waals surface area (Å²) in [6.07, 6.45) is 2.04. The Bertz CT molecular complexity index is 638. The maximum Gasteiger partial charge on any atom is 0.304 e. The second-order valence-electron chi connectivity index (χ2n) is 5.12. The lowest BCUT2D eigenvalue weighted by molar-refractivity contribution is -0.137. The van der Waals surface area contributed by atoms with Gasteiger partial charge in [-0.1, -0.05) is 23.4 Å². The van der Waals surface area contributed by atoms with E-state index in [1.165, 1.54) is 0 Å². The number of carboxylic acids is 1. The minimum atomic E-state index is -0.758. The predicted octanol–water partition coefficient (Wildman–Crippen LogP) is 1.39. The van der Waals surface area contributed by atoms with E-state index in [1.54, 1.807) is 4.68 Å². The molecule has 6 nitrogen and oxygen atoms in total. The van der Waals surface area contributed by atoms with E-state index in [4.69, 9.17) is 5.11 Å². The van der Waals surface area contributed by atoms with Gasteiger partial charge in [-0.25, -0.2) is 0 Å². The maximum absolute atomic E-state index is 11.0. The molecule has 3 rings (SSSR count). The number of anilines is 1. The lowest BCUT2D eigenvalue weighted by Crippen LogP contribution is -2.22. The van der Waals surface area contributed by atoms with Crippen molar-refractivity contribution in [3.05, 3.63) is 41.7 Å². The van der Waals surface area contributed by atoms with E-state index in [-0.39, 0.29) is 12.3 Å². The molecule has 1 aliphatic rings. The Morgan fingerprint density at radius 2 is 2.25 bits per heavy atom. The van der Waals surface area contributed by atoms with E-state index >= 15 is 0 Å². The van der Waals surface area contributed by atoms with Crippen LogP contribution in [-0.2, 0) is 18.4 Å². The van der Waals surface area contributed by atoms with Crippen molar-refractivity contribution in [2.45, 2.75) is 18.9 Å². The van der Waals surface area contributed by atoms with Gasteiger partial charge in [-0.3, -0.25) is 9.48 Å². The van der Waals surface area contributed by atoms with E-state index in [1.807, 2.05) is 37.5 Å². The molecule has 0 spiro atoms. The normalized spacial score (nSPS) is 17.2. The minimum Gasteiger partial charge on any atom is -0.481 e.